The van der Waals surface area contributed by atoms with E-state index in [1.54, 1.807) is 0 Å². The van der Waals surface area contributed by atoms with Crippen LogP contribution in [0.15, 0.2) is 34.4 Å². The maximum Gasteiger partial charge on any atom is 0.334 e. The molecule has 0 saturated heterocycles. The average Bonchev–Trinajstić information content (AvgIpc) is 2.35. The van der Waals surface area contributed by atoms with E-state index in [0.717, 1.165) is 0 Å². The normalized spacial score (nSPS) is 11.8. The molecule has 0 aromatic carbocycles. The topological polar surface area (TPSA) is 101 Å². The number of carboxylic acid groups (broad SMARTS) is 2. The van der Waals surface area contributed by atoms with Gasteiger partial charge in [0.05, 0.1) is 7.11 Å². The summed E-state index contributed by atoms with van der Waals surface area (Å²) in [6.07, 6.45) is 2.45. The van der Waals surface area contributed by atoms with Gasteiger partial charge in [-0.1, -0.05) is 0 Å². The van der Waals surface area contributed by atoms with Gasteiger partial charge in [-0.05, 0) is 38.5 Å². The zero-order valence-corrected chi connectivity index (χ0v) is 11.2. The largest absolute Gasteiger partial charge is 0.478 e. The standard InChI is InChI=1S/C13H16O6/c1-7(11(14)15)5-10(6-8(2)12(16)17)9(3)13(18)19-4/h5-6H,1-4H3,(H,14,15)(H,16,17). The Morgan fingerprint density at radius 1 is 0.895 bits per heavy atom. The van der Waals surface area contributed by atoms with Crippen LogP contribution in [0.1, 0.15) is 20.8 Å². The molecule has 0 fully saturated rings. The zero-order valence-electron chi connectivity index (χ0n) is 11.2. The van der Waals surface area contributed by atoms with Gasteiger partial charge in [-0.3, -0.25) is 0 Å². The van der Waals surface area contributed by atoms with Gasteiger partial charge in [0.2, 0.25) is 0 Å². The number of carbonyl (C=O) groups excluding carboxylic acids is 1. The number of rotatable bonds is 5. The van der Waals surface area contributed by atoms with Crippen LogP contribution in [0.3, 0.4) is 0 Å². The first-order chi connectivity index (χ1) is 8.70. The van der Waals surface area contributed by atoms with Gasteiger partial charge in [-0.2, -0.15) is 0 Å². The molecule has 0 aliphatic rings. The molecule has 0 saturated carbocycles. The van der Waals surface area contributed by atoms with Crippen molar-refractivity contribution in [3.63, 3.8) is 0 Å². The maximum atomic E-state index is 11.4. The molecule has 0 heterocycles. The van der Waals surface area contributed by atoms with Gasteiger partial charge >= 0.3 is 17.9 Å². The molecule has 0 aromatic rings. The fourth-order valence-electron chi connectivity index (χ4n) is 1.12. The number of methoxy groups -OCH3 is 1. The average molecular weight is 268 g/mol. The minimum absolute atomic E-state index is 0.0207. The monoisotopic (exact) mass is 268 g/mol. The van der Waals surface area contributed by atoms with Crippen LogP contribution in [-0.2, 0) is 19.1 Å². The van der Waals surface area contributed by atoms with E-state index in [9.17, 15) is 14.4 Å². The van der Waals surface area contributed by atoms with Crippen LogP contribution in [0, 0.1) is 0 Å². The molecule has 0 spiro atoms. The van der Waals surface area contributed by atoms with E-state index in [2.05, 4.69) is 4.74 Å². The van der Waals surface area contributed by atoms with Crippen molar-refractivity contribution < 1.29 is 29.3 Å². The SMILES string of the molecule is COC(=O)C(C)=C(C=C(C)C(=O)O)C=C(C)C(=O)O. The third-order valence-electron chi connectivity index (χ3n) is 2.34. The number of aliphatic carboxylic acids is 2. The summed E-state index contributed by atoms with van der Waals surface area (Å²) in [5, 5.41) is 17.6. The predicted octanol–water partition coefficient (Wildman–Crippen LogP) is 1.54. The van der Waals surface area contributed by atoms with Crippen LogP contribution in [-0.4, -0.2) is 35.2 Å². The third kappa shape index (κ3) is 5.20. The second kappa shape index (κ2) is 7.15. The zero-order chi connectivity index (χ0) is 15.2. The molecule has 0 unspecified atom stereocenters. The van der Waals surface area contributed by atoms with Gasteiger partial charge in [-0.25, -0.2) is 14.4 Å². The number of carbonyl (C=O) groups is 3. The molecule has 6 nitrogen and oxygen atoms in total. The molecule has 2 N–H and O–H groups in total. The lowest BCUT2D eigenvalue weighted by molar-refractivity contribution is -0.136. The lowest BCUT2D eigenvalue weighted by Gasteiger charge is -2.05. The molecular formula is C13H16O6. The summed E-state index contributed by atoms with van der Waals surface area (Å²) < 4.78 is 4.53. The molecular weight excluding hydrogens is 252 g/mol. The van der Waals surface area contributed by atoms with Crippen molar-refractivity contribution in [3.8, 4) is 0 Å². The summed E-state index contributed by atoms with van der Waals surface area (Å²) in [6.45, 7) is 4.12. The van der Waals surface area contributed by atoms with Gasteiger partial charge in [0, 0.05) is 16.7 Å². The molecule has 0 aliphatic carbocycles. The molecule has 6 heteroatoms. The fraction of sp³-hybridized carbons (Fsp3) is 0.308. The van der Waals surface area contributed by atoms with Crippen molar-refractivity contribution in [2.45, 2.75) is 20.8 Å². The van der Waals surface area contributed by atoms with E-state index in [4.69, 9.17) is 10.2 Å². The Bertz CT molecular complexity index is 461. The summed E-state index contributed by atoms with van der Waals surface area (Å²) in [4.78, 5) is 33.0. The molecule has 19 heavy (non-hydrogen) atoms. The lowest BCUT2D eigenvalue weighted by atomic mass is 10.0. The first-order valence-corrected chi connectivity index (χ1v) is 5.33. The first kappa shape index (κ1) is 16.6. The van der Waals surface area contributed by atoms with Crippen LogP contribution < -0.4 is 0 Å². The second-order valence-corrected chi connectivity index (χ2v) is 3.84. The van der Waals surface area contributed by atoms with Gasteiger partial charge in [0.15, 0.2) is 0 Å². The van der Waals surface area contributed by atoms with E-state index in [1.807, 2.05) is 0 Å². The quantitative estimate of drug-likeness (QED) is 0.445. The molecule has 104 valence electrons. The molecule has 0 amide bonds. The summed E-state index contributed by atoms with van der Waals surface area (Å²) in [5.41, 5.74) is 0.274. The van der Waals surface area contributed by atoms with E-state index in [1.165, 1.54) is 40.0 Å². The fourth-order valence-corrected chi connectivity index (χ4v) is 1.12. The van der Waals surface area contributed by atoms with Gasteiger partial charge in [-0.15, -0.1) is 0 Å². The van der Waals surface area contributed by atoms with Crippen LogP contribution in [0.4, 0.5) is 0 Å². The van der Waals surface area contributed by atoms with Crippen LogP contribution in [0.2, 0.25) is 0 Å². The Kier molecular flexibility index (Phi) is 6.26. The Hall–Kier alpha value is -2.37. The van der Waals surface area contributed by atoms with Crippen LogP contribution in [0.5, 0.6) is 0 Å². The first-order valence-electron chi connectivity index (χ1n) is 5.33. The van der Waals surface area contributed by atoms with Gasteiger partial charge < -0.3 is 14.9 Å². The Labute approximate surface area is 110 Å². The number of carboxylic acids is 2. The van der Waals surface area contributed by atoms with Crippen molar-refractivity contribution in [3.05, 3.63) is 34.4 Å². The molecule has 0 aliphatic heterocycles. The Balaban J connectivity index is 5.85. The predicted molar refractivity (Wildman–Crippen MR) is 67.5 cm³/mol. The molecule has 0 rings (SSSR count). The van der Waals surface area contributed by atoms with Crippen molar-refractivity contribution >= 4 is 17.9 Å². The van der Waals surface area contributed by atoms with Crippen LogP contribution >= 0.6 is 0 Å². The Morgan fingerprint density at radius 2 is 1.26 bits per heavy atom. The Morgan fingerprint density at radius 3 is 1.53 bits per heavy atom. The molecule has 0 radical (unpaired) electrons. The smallest absolute Gasteiger partial charge is 0.334 e. The summed E-state index contributed by atoms with van der Waals surface area (Å²) in [6, 6.07) is 0. The van der Waals surface area contributed by atoms with Gasteiger partial charge in [0.25, 0.3) is 0 Å². The highest BCUT2D eigenvalue weighted by Gasteiger charge is 2.11. The number of ether oxygens (including phenoxy) is 1. The number of esters is 1. The van der Waals surface area contributed by atoms with E-state index in [-0.39, 0.29) is 22.3 Å². The number of hydrogen-bond donors (Lipinski definition) is 2. The molecule has 0 bridgehead atoms. The van der Waals surface area contributed by atoms with Crippen molar-refractivity contribution in [1.29, 1.82) is 0 Å². The van der Waals surface area contributed by atoms with Gasteiger partial charge in [0.1, 0.15) is 0 Å². The third-order valence-corrected chi connectivity index (χ3v) is 2.34. The number of allylic oxidation sites excluding steroid dienone is 3. The second-order valence-electron chi connectivity index (χ2n) is 3.84. The minimum atomic E-state index is -1.16. The van der Waals surface area contributed by atoms with Crippen molar-refractivity contribution in [2.75, 3.05) is 7.11 Å². The highest BCUT2D eigenvalue weighted by atomic mass is 16.5. The molecule has 0 atom stereocenters. The van der Waals surface area contributed by atoms with Crippen molar-refractivity contribution in [1.82, 2.24) is 0 Å². The van der Waals surface area contributed by atoms with E-state index in [0.29, 0.717) is 0 Å². The summed E-state index contributed by atoms with van der Waals surface area (Å²) in [7, 11) is 1.19. The van der Waals surface area contributed by atoms with E-state index >= 15 is 0 Å². The summed E-state index contributed by atoms with van der Waals surface area (Å²) in [5.74, 6) is -2.97. The molecule has 0 aromatic heterocycles. The van der Waals surface area contributed by atoms with Crippen LogP contribution in [0.25, 0.3) is 0 Å². The highest BCUT2D eigenvalue weighted by molar-refractivity contribution is 5.93. The number of hydrogen-bond acceptors (Lipinski definition) is 4. The van der Waals surface area contributed by atoms with Crippen molar-refractivity contribution in [2.24, 2.45) is 0 Å². The van der Waals surface area contributed by atoms with E-state index < -0.39 is 17.9 Å². The lowest BCUT2D eigenvalue weighted by Crippen LogP contribution is -2.06. The summed E-state index contributed by atoms with van der Waals surface area (Å²) >= 11 is 0. The highest BCUT2D eigenvalue weighted by Crippen LogP contribution is 2.14. The maximum absolute atomic E-state index is 11.4. The minimum Gasteiger partial charge on any atom is -0.478 e.